The highest BCUT2D eigenvalue weighted by molar-refractivity contribution is 5.53. The number of ether oxygens (including phenoxy) is 3. The number of nitro benzene ring substituents is 1. The Kier molecular flexibility index (Phi) is 4.22. The molecular formula is C14H12FNO5. The molecule has 0 amide bonds. The third-order valence-corrected chi connectivity index (χ3v) is 2.67. The van der Waals surface area contributed by atoms with Gasteiger partial charge in [-0.25, -0.2) is 4.39 Å². The first-order valence-electron chi connectivity index (χ1n) is 5.89. The Morgan fingerprint density at radius 1 is 1.10 bits per heavy atom. The summed E-state index contributed by atoms with van der Waals surface area (Å²) < 4.78 is 29.2. The monoisotopic (exact) mass is 293 g/mol. The van der Waals surface area contributed by atoms with Crippen LogP contribution in [0.15, 0.2) is 36.4 Å². The van der Waals surface area contributed by atoms with E-state index in [0.717, 1.165) is 18.2 Å². The van der Waals surface area contributed by atoms with Crippen LogP contribution < -0.4 is 14.2 Å². The van der Waals surface area contributed by atoms with E-state index in [2.05, 4.69) is 0 Å². The first-order chi connectivity index (χ1) is 10.0. The lowest BCUT2D eigenvalue weighted by Crippen LogP contribution is -1.96. The van der Waals surface area contributed by atoms with Gasteiger partial charge >= 0.3 is 0 Å². The lowest BCUT2D eigenvalue weighted by atomic mass is 10.2. The first-order valence-corrected chi connectivity index (χ1v) is 5.89. The fraction of sp³-hybridized carbons (Fsp3) is 0.143. The Hall–Kier alpha value is -2.83. The standard InChI is InChI=1S/C14H12FNO5/c1-19-12-4-3-5-13(20-2)14(12)21-11-7-9(15)6-10(8-11)16(17)18/h3-8H,1-2H3. The van der Waals surface area contributed by atoms with E-state index >= 15 is 0 Å². The molecule has 0 aliphatic carbocycles. The van der Waals surface area contributed by atoms with Crippen LogP contribution in [0.2, 0.25) is 0 Å². The molecule has 0 aliphatic rings. The molecule has 0 aliphatic heterocycles. The number of non-ortho nitro benzene ring substituents is 1. The lowest BCUT2D eigenvalue weighted by Gasteiger charge is -2.13. The Bertz CT molecular complexity index is 652. The van der Waals surface area contributed by atoms with Crippen LogP contribution in [-0.4, -0.2) is 19.1 Å². The van der Waals surface area contributed by atoms with Gasteiger partial charge in [0, 0.05) is 6.07 Å². The molecule has 0 atom stereocenters. The summed E-state index contributed by atoms with van der Waals surface area (Å²) in [7, 11) is 2.88. The number of rotatable bonds is 5. The van der Waals surface area contributed by atoms with Gasteiger partial charge in [-0.05, 0) is 12.1 Å². The van der Waals surface area contributed by atoms with Crippen LogP contribution in [0.1, 0.15) is 0 Å². The minimum absolute atomic E-state index is 0.0236. The second-order valence-corrected chi connectivity index (χ2v) is 4.00. The summed E-state index contributed by atoms with van der Waals surface area (Å²) in [6, 6.07) is 7.93. The summed E-state index contributed by atoms with van der Waals surface area (Å²) >= 11 is 0. The minimum Gasteiger partial charge on any atom is -0.493 e. The van der Waals surface area contributed by atoms with E-state index < -0.39 is 16.4 Å². The Balaban J connectivity index is 2.45. The highest BCUT2D eigenvalue weighted by Crippen LogP contribution is 2.40. The molecule has 0 aromatic heterocycles. The highest BCUT2D eigenvalue weighted by Gasteiger charge is 2.16. The summed E-state index contributed by atoms with van der Waals surface area (Å²) in [5.74, 6) is 0.141. The molecular weight excluding hydrogens is 281 g/mol. The van der Waals surface area contributed by atoms with Crippen LogP contribution in [0.25, 0.3) is 0 Å². The molecule has 0 N–H and O–H groups in total. The lowest BCUT2D eigenvalue weighted by molar-refractivity contribution is -0.385. The minimum atomic E-state index is -0.770. The van der Waals surface area contributed by atoms with Gasteiger partial charge in [-0.3, -0.25) is 10.1 Å². The van der Waals surface area contributed by atoms with Crippen molar-refractivity contribution in [2.24, 2.45) is 0 Å². The molecule has 2 aromatic rings. The molecule has 0 radical (unpaired) electrons. The molecule has 0 spiro atoms. The zero-order valence-corrected chi connectivity index (χ0v) is 11.3. The molecule has 0 saturated heterocycles. The van der Waals surface area contributed by atoms with E-state index in [1.165, 1.54) is 14.2 Å². The number of hydrogen-bond acceptors (Lipinski definition) is 5. The predicted molar refractivity (Wildman–Crippen MR) is 72.7 cm³/mol. The van der Waals surface area contributed by atoms with Crippen molar-refractivity contribution in [2.45, 2.75) is 0 Å². The molecule has 2 aromatic carbocycles. The zero-order chi connectivity index (χ0) is 15.4. The van der Waals surface area contributed by atoms with Crippen molar-refractivity contribution >= 4 is 5.69 Å². The van der Waals surface area contributed by atoms with Crippen molar-refractivity contribution < 1.29 is 23.5 Å². The van der Waals surface area contributed by atoms with E-state index in [1.807, 2.05) is 0 Å². The SMILES string of the molecule is COc1cccc(OC)c1Oc1cc(F)cc([N+](=O)[O-])c1. The van der Waals surface area contributed by atoms with E-state index in [9.17, 15) is 14.5 Å². The maximum atomic E-state index is 13.4. The van der Waals surface area contributed by atoms with Crippen molar-refractivity contribution in [2.75, 3.05) is 14.2 Å². The molecule has 6 nitrogen and oxygen atoms in total. The number of hydrogen-bond donors (Lipinski definition) is 0. The van der Waals surface area contributed by atoms with Gasteiger partial charge in [0.05, 0.1) is 31.3 Å². The van der Waals surface area contributed by atoms with Gasteiger partial charge in [-0.1, -0.05) is 6.07 Å². The maximum Gasteiger partial charge on any atom is 0.276 e. The topological polar surface area (TPSA) is 70.8 Å². The number of para-hydroxylation sites is 1. The van der Waals surface area contributed by atoms with Crippen LogP contribution in [0.4, 0.5) is 10.1 Å². The first kappa shape index (κ1) is 14.6. The predicted octanol–water partition coefficient (Wildman–Crippen LogP) is 3.54. The van der Waals surface area contributed by atoms with Crippen LogP contribution in [-0.2, 0) is 0 Å². The number of benzene rings is 2. The van der Waals surface area contributed by atoms with E-state index in [0.29, 0.717) is 11.5 Å². The van der Waals surface area contributed by atoms with Gasteiger partial charge in [0.25, 0.3) is 5.69 Å². The molecule has 21 heavy (non-hydrogen) atoms. The van der Waals surface area contributed by atoms with Gasteiger partial charge < -0.3 is 14.2 Å². The van der Waals surface area contributed by atoms with Gasteiger partial charge in [0.2, 0.25) is 5.75 Å². The number of methoxy groups -OCH3 is 2. The van der Waals surface area contributed by atoms with Crippen LogP contribution >= 0.6 is 0 Å². The second-order valence-electron chi connectivity index (χ2n) is 4.00. The summed E-state index contributed by atoms with van der Waals surface area (Å²) in [5, 5.41) is 10.7. The largest absolute Gasteiger partial charge is 0.493 e. The number of nitrogens with zero attached hydrogens (tertiary/aromatic N) is 1. The molecule has 0 unspecified atom stereocenters. The van der Waals surface area contributed by atoms with Crippen molar-refractivity contribution in [1.29, 1.82) is 0 Å². The van der Waals surface area contributed by atoms with Crippen molar-refractivity contribution in [3.63, 3.8) is 0 Å². The summed E-state index contributed by atoms with van der Waals surface area (Å²) in [6.07, 6.45) is 0. The summed E-state index contributed by atoms with van der Waals surface area (Å²) in [5.41, 5.74) is -0.404. The van der Waals surface area contributed by atoms with Gasteiger partial charge in [0.15, 0.2) is 11.5 Å². The van der Waals surface area contributed by atoms with Crippen molar-refractivity contribution in [3.05, 3.63) is 52.3 Å². The molecule has 0 heterocycles. The molecule has 7 heteroatoms. The normalized spacial score (nSPS) is 10.0. The summed E-state index contributed by atoms with van der Waals surface area (Å²) in [6.45, 7) is 0. The molecule has 0 saturated carbocycles. The Labute approximate surface area is 119 Å². The highest BCUT2D eigenvalue weighted by atomic mass is 19.1. The third-order valence-electron chi connectivity index (χ3n) is 2.67. The molecule has 2 rings (SSSR count). The average molecular weight is 293 g/mol. The van der Waals surface area contributed by atoms with Crippen molar-refractivity contribution in [3.8, 4) is 23.0 Å². The average Bonchev–Trinajstić information content (AvgIpc) is 2.46. The molecule has 0 fully saturated rings. The smallest absolute Gasteiger partial charge is 0.276 e. The second kappa shape index (κ2) is 6.08. The molecule has 0 bridgehead atoms. The van der Waals surface area contributed by atoms with Crippen LogP contribution in [0.5, 0.6) is 23.0 Å². The van der Waals surface area contributed by atoms with Crippen LogP contribution in [0, 0.1) is 15.9 Å². The Morgan fingerprint density at radius 3 is 2.24 bits per heavy atom. The molecule has 110 valence electrons. The van der Waals surface area contributed by atoms with Crippen molar-refractivity contribution in [1.82, 2.24) is 0 Å². The number of halogens is 1. The zero-order valence-electron chi connectivity index (χ0n) is 11.3. The van der Waals surface area contributed by atoms with Gasteiger partial charge in [-0.15, -0.1) is 0 Å². The Morgan fingerprint density at radius 2 is 1.71 bits per heavy atom. The third kappa shape index (κ3) is 3.19. The van der Waals surface area contributed by atoms with E-state index in [4.69, 9.17) is 14.2 Å². The number of nitro groups is 1. The van der Waals surface area contributed by atoms with Gasteiger partial charge in [-0.2, -0.15) is 0 Å². The maximum absolute atomic E-state index is 13.4. The van der Waals surface area contributed by atoms with E-state index in [-0.39, 0.29) is 11.5 Å². The van der Waals surface area contributed by atoms with E-state index in [1.54, 1.807) is 18.2 Å². The fourth-order valence-corrected chi connectivity index (χ4v) is 1.75. The van der Waals surface area contributed by atoms with Gasteiger partial charge in [0.1, 0.15) is 11.6 Å². The quantitative estimate of drug-likeness (QED) is 0.623. The summed E-state index contributed by atoms with van der Waals surface area (Å²) in [4.78, 5) is 10.0. The van der Waals surface area contributed by atoms with Crippen LogP contribution in [0.3, 0.4) is 0 Å². The fourth-order valence-electron chi connectivity index (χ4n) is 1.75.